The summed E-state index contributed by atoms with van der Waals surface area (Å²) in [6.45, 7) is 1.37. The normalized spacial score (nSPS) is 11.5. The van der Waals surface area contributed by atoms with E-state index in [4.69, 9.17) is 0 Å². The van der Waals surface area contributed by atoms with Crippen LogP contribution < -0.4 is 4.72 Å². The zero-order valence-corrected chi connectivity index (χ0v) is 17.3. The highest BCUT2D eigenvalue weighted by molar-refractivity contribution is 7.99. The molecule has 0 saturated heterocycles. The Balaban J connectivity index is 1.81. The number of Topliss-reactive ketones (excluding diaryl/α,β-unsaturated/α-hetero) is 1. The third-order valence-electron chi connectivity index (χ3n) is 4.37. The number of aromatic nitrogens is 3. The van der Waals surface area contributed by atoms with Gasteiger partial charge in [-0.3, -0.25) is 14.6 Å². The molecule has 0 atom stereocenters. The predicted octanol–water partition coefficient (Wildman–Crippen LogP) is 3.82. The van der Waals surface area contributed by atoms with Crippen molar-refractivity contribution in [2.45, 2.75) is 21.9 Å². The van der Waals surface area contributed by atoms with Crippen molar-refractivity contribution in [1.82, 2.24) is 15.2 Å². The van der Waals surface area contributed by atoms with Crippen molar-refractivity contribution in [2.24, 2.45) is 0 Å². The molecule has 1 aromatic heterocycles. The minimum absolute atomic E-state index is 0.00178. The Morgan fingerprint density at radius 1 is 1.10 bits per heavy atom. The predicted molar refractivity (Wildman–Crippen MR) is 113 cm³/mol. The van der Waals surface area contributed by atoms with Crippen LogP contribution in [0.25, 0.3) is 10.8 Å². The fourth-order valence-corrected chi connectivity index (χ4v) is 4.83. The number of rotatable bonds is 6. The number of nitrogens with one attached hydrogen (secondary N) is 2. The van der Waals surface area contributed by atoms with E-state index >= 15 is 0 Å². The summed E-state index contributed by atoms with van der Waals surface area (Å²) in [5, 5.41) is 18.6. The Morgan fingerprint density at radius 2 is 1.87 bits per heavy atom. The number of benzene rings is 3. The maximum Gasteiger partial charge on any atom is 0.261 e. The monoisotopic (exact) mass is 440 g/mol. The molecule has 0 fully saturated rings. The highest BCUT2D eigenvalue weighted by atomic mass is 32.2. The first-order valence-corrected chi connectivity index (χ1v) is 11.1. The second-order valence-corrected chi connectivity index (χ2v) is 9.08. The molecular weight excluding hydrogens is 424 g/mol. The van der Waals surface area contributed by atoms with Crippen LogP contribution in [0.2, 0.25) is 0 Å². The van der Waals surface area contributed by atoms with Gasteiger partial charge < -0.3 is 5.11 Å². The van der Waals surface area contributed by atoms with Crippen molar-refractivity contribution in [1.29, 1.82) is 0 Å². The van der Waals surface area contributed by atoms with E-state index in [1.165, 1.54) is 37.5 Å². The molecule has 0 aliphatic rings. The molecular formula is C20H16N4O4S2. The summed E-state index contributed by atoms with van der Waals surface area (Å²) in [4.78, 5) is 16.0. The highest BCUT2D eigenvalue weighted by Gasteiger charge is 2.20. The summed E-state index contributed by atoms with van der Waals surface area (Å²) in [6, 6.07) is 14.3. The second kappa shape index (κ2) is 7.81. The molecule has 30 heavy (non-hydrogen) atoms. The number of phenols is 1. The third kappa shape index (κ3) is 3.87. The standard InChI is InChI=1S/C20H16N4O4S2/c1-12(25)13-5-4-6-14(9-13)30(27,28)24-17-10-18(29-20-21-11-22-23-20)19(26)16-8-3-2-7-15(16)17/h2-11,24,26H,1H3,(H,21,22,23). The Bertz CT molecular complexity index is 1350. The first-order chi connectivity index (χ1) is 14.3. The number of aromatic amines is 1. The number of hydrogen-bond acceptors (Lipinski definition) is 7. The Labute approximate surface area is 176 Å². The van der Waals surface area contributed by atoms with Gasteiger partial charge in [0.25, 0.3) is 10.0 Å². The minimum Gasteiger partial charge on any atom is -0.506 e. The molecule has 3 aromatic carbocycles. The van der Waals surface area contributed by atoms with E-state index in [1.807, 2.05) is 0 Å². The van der Waals surface area contributed by atoms with Gasteiger partial charge in [-0.05, 0) is 36.9 Å². The zero-order chi connectivity index (χ0) is 21.3. The average molecular weight is 441 g/mol. The number of ketones is 1. The van der Waals surface area contributed by atoms with Gasteiger partial charge in [-0.25, -0.2) is 13.4 Å². The summed E-state index contributed by atoms with van der Waals surface area (Å²) in [5.74, 6) is -0.228. The van der Waals surface area contributed by atoms with Gasteiger partial charge in [0.2, 0.25) is 5.16 Å². The summed E-state index contributed by atoms with van der Waals surface area (Å²) in [5.41, 5.74) is 0.587. The third-order valence-corrected chi connectivity index (χ3v) is 6.64. The number of fused-ring (bicyclic) bond motifs is 1. The SMILES string of the molecule is CC(=O)c1cccc(S(=O)(=O)Nc2cc(Sc3nc[nH]n3)c(O)c3ccccc23)c1. The summed E-state index contributed by atoms with van der Waals surface area (Å²) in [6.07, 6.45) is 1.41. The number of carbonyl (C=O) groups is 1. The lowest BCUT2D eigenvalue weighted by atomic mass is 10.1. The molecule has 0 saturated carbocycles. The maximum atomic E-state index is 13.0. The van der Waals surface area contributed by atoms with Crippen molar-refractivity contribution in [2.75, 3.05) is 4.72 Å². The summed E-state index contributed by atoms with van der Waals surface area (Å²) >= 11 is 1.10. The highest BCUT2D eigenvalue weighted by Crippen LogP contribution is 2.42. The molecule has 152 valence electrons. The van der Waals surface area contributed by atoms with Gasteiger partial charge >= 0.3 is 0 Å². The van der Waals surface area contributed by atoms with Gasteiger partial charge in [-0.15, -0.1) is 5.10 Å². The minimum atomic E-state index is -3.98. The molecule has 10 heteroatoms. The molecule has 8 nitrogen and oxygen atoms in total. The molecule has 4 aromatic rings. The van der Waals surface area contributed by atoms with Crippen LogP contribution in [0.3, 0.4) is 0 Å². The van der Waals surface area contributed by atoms with Crippen LogP contribution in [0.4, 0.5) is 5.69 Å². The second-order valence-electron chi connectivity index (χ2n) is 6.39. The van der Waals surface area contributed by atoms with Gasteiger partial charge in [0.15, 0.2) is 5.78 Å². The van der Waals surface area contributed by atoms with Crippen LogP contribution >= 0.6 is 11.8 Å². The first-order valence-electron chi connectivity index (χ1n) is 8.77. The van der Waals surface area contributed by atoms with Crippen molar-refractivity contribution in [3.63, 3.8) is 0 Å². The number of anilines is 1. The Kier molecular flexibility index (Phi) is 5.18. The lowest BCUT2D eigenvalue weighted by Gasteiger charge is -2.14. The fourth-order valence-electron chi connectivity index (χ4n) is 2.93. The smallest absolute Gasteiger partial charge is 0.261 e. The molecule has 0 amide bonds. The number of aromatic hydroxyl groups is 1. The maximum absolute atomic E-state index is 13.0. The van der Waals surface area contributed by atoms with Crippen molar-refractivity contribution >= 4 is 44.0 Å². The van der Waals surface area contributed by atoms with E-state index in [9.17, 15) is 18.3 Å². The molecule has 0 spiro atoms. The van der Waals surface area contributed by atoms with Crippen LogP contribution in [0, 0.1) is 0 Å². The number of phenolic OH excluding ortho intramolecular Hbond substituents is 1. The first kappa shape index (κ1) is 19.9. The van der Waals surface area contributed by atoms with E-state index in [2.05, 4.69) is 19.9 Å². The van der Waals surface area contributed by atoms with Crippen LogP contribution in [0.1, 0.15) is 17.3 Å². The van der Waals surface area contributed by atoms with Crippen LogP contribution in [-0.4, -0.2) is 34.5 Å². The number of carbonyl (C=O) groups excluding carboxylic acids is 1. The van der Waals surface area contributed by atoms with Crippen LogP contribution in [-0.2, 0) is 10.0 Å². The Hall–Kier alpha value is -3.37. The molecule has 0 aliphatic carbocycles. The van der Waals surface area contributed by atoms with Crippen molar-refractivity contribution in [3.05, 3.63) is 66.5 Å². The molecule has 0 radical (unpaired) electrons. The topological polar surface area (TPSA) is 125 Å². The largest absolute Gasteiger partial charge is 0.506 e. The van der Waals surface area contributed by atoms with E-state index in [0.29, 0.717) is 26.4 Å². The molecule has 1 heterocycles. The van der Waals surface area contributed by atoms with Crippen molar-refractivity contribution in [3.8, 4) is 5.75 Å². The number of nitrogens with zero attached hydrogens (tertiary/aromatic N) is 2. The van der Waals surface area contributed by atoms with E-state index in [-0.39, 0.29) is 22.1 Å². The van der Waals surface area contributed by atoms with E-state index in [1.54, 1.807) is 30.3 Å². The van der Waals surface area contributed by atoms with Gasteiger partial charge in [0, 0.05) is 16.3 Å². The molecule has 0 unspecified atom stereocenters. The molecule has 4 rings (SSSR count). The van der Waals surface area contributed by atoms with Gasteiger partial charge in [-0.1, -0.05) is 36.4 Å². The number of hydrogen-bond donors (Lipinski definition) is 3. The molecule has 0 aliphatic heterocycles. The van der Waals surface area contributed by atoms with E-state index in [0.717, 1.165) is 11.8 Å². The Morgan fingerprint density at radius 3 is 2.57 bits per heavy atom. The lowest BCUT2D eigenvalue weighted by molar-refractivity contribution is 0.101. The van der Waals surface area contributed by atoms with Crippen LogP contribution in [0.5, 0.6) is 5.75 Å². The summed E-state index contributed by atoms with van der Waals surface area (Å²) < 4.78 is 28.6. The van der Waals surface area contributed by atoms with E-state index < -0.39 is 10.0 Å². The number of H-pyrrole nitrogens is 1. The lowest BCUT2D eigenvalue weighted by Crippen LogP contribution is -2.14. The zero-order valence-electron chi connectivity index (χ0n) is 15.7. The van der Waals surface area contributed by atoms with Gasteiger partial charge in [0.1, 0.15) is 12.1 Å². The quantitative estimate of drug-likeness (QED) is 0.307. The average Bonchev–Trinajstić information content (AvgIpc) is 3.24. The van der Waals surface area contributed by atoms with Gasteiger partial charge in [0.05, 0.1) is 15.5 Å². The van der Waals surface area contributed by atoms with Crippen molar-refractivity contribution < 1.29 is 18.3 Å². The fraction of sp³-hybridized carbons (Fsp3) is 0.0500. The molecule has 3 N–H and O–H groups in total. The molecule has 0 bridgehead atoms. The van der Waals surface area contributed by atoms with Crippen LogP contribution in [0.15, 0.2) is 75.9 Å². The summed E-state index contributed by atoms with van der Waals surface area (Å²) in [7, 11) is -3.98. The van der Waals surface area contributed by atoms with Gasteiger partial charge in [-0.2, -0.15) is 0 Å². The number of sulfonamides is 1.